The van der Waals surface area contributed by atoms with E-state index in [1.54, 1.807) is 0 Å². The van der Waals surface area contributed by atoms with Gasteiger partial charge in [-0.25, -0.2) is 4.98 Å². The smallest absolute Gasteiger partial charge is 0.234 e. The molecule has 1 N–H and O–H groups in total. The predicted octanol–water partition coefficient (Wildman–Crippen LogP) is 2.75. The van der Waals surface area contributed by atoms with Gasteiger partial charge < -0.3 is 10.2 Å². The summed E-state index contributed by atoms with van der Waals surface area (Å²) in [5.74, 6) is 1.16. The van der Waals surface area contributed by atoms with Gasteiger partial charge in [0.1, 0.15) is 0 Å². The molecule has 2 fully saturated rings. The SMILES string of the molecule is Cc1ccc(-n2ccnc2N2CCN(CC(=O)NC3CCCCC3)CC2)cc1. The Morgan fingerprint density at radius 1 is 1.07 bits per heavy atom. The summed E-state index contributed by atoms with van der Waals surface area (Å²) in [6.45, 7) is 6.16. The summed E-state index contributed by atoms with van der Waals surface area (Å²) in [7, 11) is 0. The lowest BCUT2D eigenvalue weighted by Gasteiger charge is -2.35. The average molecular weight is 382 g/mol. The molecule has 1 aliphatic heterocycles. The number of amides is 1. The molecule has 0 unspecified atom stereocenters. The van der Waals surface area contributed by atoms with Gasteiger partial charge in [0.15, 0.2) is 0 Å². The third kappa shape index (κ3) is 4.55. The fourth-order valence-electron chi connectivity index (χ4n) is 4.27. The topological polar surface area (TPSA) is 53.4 Å². The summed E-state index contributed by atoms with van der Waals surface area (Å²) in [6, 6.07) is 8.91. The monoisotopic (exact) mass is 381 g/mol. The minimum Gasteiger partial charge on any atom is -0.352 e. The van der Waals surface area contributed by atoms with Gasteiger partial charge in [-0.3, -0.25) is 14.3 Å². The van der Waals surface area contributed by atoms with Gasteiger partial charge in [-0.15, -0.1) is 0 Å². The molecular weight excluding hydrogens is 350 g/mol. The van der Waals surface area contributed by atoms with Crippen molar-refractivity contribution >= 4 is 11.9 Å². The Balaban J connectivity index is 1.30. The van der Waals surface area contributed by atoms with Crippen molar-refractivity contribution in [2.45, 2.75) is 45.1 Å². The first-order valence-corrected chi connectivity index (χ1v) is 10.6. The quantitative estimate of drug-likeness (QED) is 0.865. The van der Waals surface area contributed by atoms with E-state index in [0.717, 1.165) is 50.7 Å². The van der Waals surface area contributed by atoms with Crippen LogP contribution in [0.4, 0.5) is 5.95 Å². The highest BCUT2D eigenvalue weighted by atomic mass is 16.2. The first-order chi connectivity index (χ1) is 13.7. The molecule has 2 heterocycles. The molecule has 1 amide bonds. The molecule has 6 nitrogen and oxygen atoms in total. The van der Waals surface area contributed by atoms with Crippen LogP contribution in [-0.2, 0) is 4.79 Å². The lowest BCUT2D eigenvalue weighted by Crippen LogP contribution is -2.51. The zero-order valence-corrected chi connectivity index (χ0v) is 16.8. The molecule has 6 heteroatoms. The Kier molecular flexibility index (Phi) is 5.95. The predicted molar refractivity (Wildman–Crippen MR) is 112 cm³/mol. The molecule has 1 aliphatic carbocycles. The zero-order valence-electron chi connectivity index (χ0n) is 16.8. The van der Waals surface area contributed by atoms with Crippen molar-refractivity contribution in [3.8, 4) is 5.69 Å². The van der Waals surface area contributed by atoms with Crippen LogP contribution in [0.1, 0.15) is 37.7 Å². The molecule has 0 bridgehead atoms. The van der Waals surface area contributed by atoms with Gasteiger partial charge in [-0.1, -0.05) is 37.0 Å². The van der Waals surface area contributed by atoms with Gasteiger partial charge in [0.2, 0.25) is 11.9 Å². The lowest BCUT2D eigenvalue weighted by molar-refractivity contribution is -0.123. The second-order valence-corrected chi connectivity index (χ2v) is 8.10. The Labute approximate surface area is 167 Å². The maximum atomic E-state index is 12.4. The second-order valence-electron chi connectivity index (χ2n) is 8.10. The zero-order chi connectivity index (χ0) is 19.3. The van der Waals surface area contributed by atoms with Crippen molar-refractivity contribution in [3.63, 3.8) is 0 Å². The van der Waals surface area contributed by atoms with Gasteiger partial charge >= 0.3 is 0 Å². The number of rotatable bonds is 5. The van der Waals surface area contributed by atoms with E-state index >= 15 is 0 Å². The highest BCUT2D eigenvalue weighted by Crippen LogP contribution is 2.20. The number of aryl methyl sites for hydroxylation is 1. The number of nitrogens with one attached hydrogen (secondary N) is 1. The number of carbonyl (C=O) groups excluding carboxylic acids is 1. The Morgan fingerprint density at radius 2 is 1.79 bits per heavy atom. The third-order valence-corrected chi connectivity index (χ3v) is 5.93. The van der Waals surface area contributed by atoms with Crippen LogP contribution in [0.3, 0.4) is 0 Å². The molecular formula is C22H31N5O. The van der Waals surface area contributed by atoms with E-state index < -0.39 is 0 Å². The van der Waals surface area contributed by atoms with E-state index in [4.69, 9.17) is 0 Å². The molecule has 0 radical (unpaired) electrons. The minimum atomic E-state index is 0.182. The number of carbonyl (C=O) groups is 1. The minimum absolute atomic E-state index is 0.182. The number of hydrogen-bond acceptors (Lipinski definition) is 4. The van der Waals surface area contributed by atoms with Gasteiger partial charge in [0, 0.05) is 50.3 Å². The summed E-state index contributed by atoms with van der Waals surface area (Å²) < 4.78 is 2.14. The van der Waals surface area contributed by atoms with Crippen LogP contribution in [-0.4, -0.2) is 59.1 Å². The van der Waals surface area contributed by atoms with Crippen LogP contribution in [0.25, 0.3) is 5.69 Å². The van der Waals surface area contributed by atoms with E-state index in [0.29, 0.717) is 12.6 Å². The first kappa shape index (κ1) is 19.0. The molecule has 0 spiro atoms. The number of benzene rings is 1. The Bertz CT molecular complexity index is 770. The molecule has 0 atom stereocenters. The van der Waals surface area contributed by atoms with Crippen LogP contribution >= 0.6 is 0 Å². The summed E-state index contributed by atoms with van der Waals surface area (Å²) >= 11 is 0. The van der Waals surface area contributed by atoms with Crippen LogP contribution in [0, 0.1) is 6.92 Å². The summed E-state index contributed by atoms with van der Waals surface area (Å²) in [5, 5.41) is 3.23. The number of nitrogens with zero attached hydrogens (tertiary/aromatic N) is 4. The van der Waals surface area contributed by atoms with E-state index in [1.165, 1.54) is 24.8 Å². The maximum absolute atomic E-state index is 12.4. The van der Waals surface area contributed by atoms with Gasteiger partial charge in [0.05, 0.1) is 6.54 Å². The van der Waals surface area contributed by atoms with Gasteiger partial charge in [-0.05, 0) is 31.9 Å². The fourth-order valence-corrected chi connectivity index (χ4v) is 4.27. The normalized spacial score (nSPS) is 19.0. The first-order valence-electron chi connectivity index (χ1n) is 10.6. The molecule has 2 aromatic rings. The number of aromatic nitrogens is 2. The molecule has 2 aliphatic rings. The van der Waals surface area contributed by atoms with E-state index in [1.807, 2.05) is 12.4 Å². The molecule has 28 heavy (non-hydrogen) atoms. The molecule has 1 aromatic heterocycles. The largest absolute Gasteiger partial charge is 0.352 e. The van der Waals surface area contributed by atoms with Crippen molar-refractivity contribution in [2.24, 2.45) is 0 Å². The highest BCUT2D eigenvalue weighted by Gasteiger charge is 2.23. The van der Waals surface area contributed by atoms with Crippen molar-refractivity contribution in [3.05, 3.63) is 42.2 Å². The standard InChI is InChI=1S/C22H31N5O/c1-18-7-9-20(10-8-18)27-12-11-23-22(27)26-15-13-25(14-16-26)17-21(28)24-19-5-3-2-4-6-19/h7-12,19H,2-6,13-17H2,1H3,(H,24,28). The van der Waals surface area contributed by atoms with Crippen LogP contribution in [0.2, 0.25) is 0 Å². The van der Waals surface area contributed by atoms with Crippen molar-refractivity contribution in [1.82, 2.24) is 19.8 Å². The van der Waals surface area contributed by atoms with Crippen LogP contribution in [0.15, 0.2) is 36.7 Å². The molecule has 1 saturated carbocycles. The number of piperazine rings is 1. The highest BCUT2D eigenvalue weighted by molar-refractivity contribution is 5.78. The second kappa shape index (κ2) is 8.78. The van der Waals surface area contributed by atoms with Gasteiger partial charge in [-0.2, -0.15) is 0 Å². The average Bonchev–Trinajstić information content (AvgIpc) is 3.20. The van der Waals surface area contributed by atoms with Crippen LogP contribution in [0.5, 0.6) is 0 Å². The van der Waals surface area contributed by atoms with Crippen molar-refractivity contribution in [2.75, 3.05) is 37.6 Å². The van der Waals surface area contributed by atoms with Crippen molar-refractivity contribution < 1.29 is 4.79 Å². The number of anilines is 1. The van der Waals surface area contributed by atoms with E-state index in [2.05, 4.69) is 55.9 Å². The number of imidazole rings is 1. The summed E-state index contributed by atoms with van der Waals surface area (Å²) in [5.41, 5.74) is 2.39. The fraction of sp³-hybridized carbons (Fsp3) is 0.545. The van der Waals surface area contributed by atoms with Crippen LogP contribution < -0.4 is 10.2 Å². The molecule has 150 valence electrons. The molecule has 4 rings (SSSR count). The molecule has 1 aromatic carbocycles. The maximum Gasteiger partial charge on any atom is 0.234 e. The van der Waals surface area contributed by atoms with Gasteiger partial charge in [0.25, 0.3) is 0 Å². The third-order valence-electron chi connectivity index (χ3n) is 5.93. The summed E-state index contributed by atoms with van der Waals surface area (Å²) in [6.07, 6.45) is 9.97. The van der Waals surface area contributed by atoms with E-state index in [9.17, 15) is 4.79 Å². The Morgan fingerprint density at radius 3 is 2.50 bits per heavy atom. The Hall–Kier alpha value is -2.34. The number of hydrogen-bond donors (Lipinski definition) is 1. The lowest BCUT2D eigenvalue weighted by atomic mass is 9.95. The summed E-state index contributed by atoms with van der Waals surface area (Å²) in [4.78, 5) is 21.5. The van der Waals surface area contributed by atoms with E-state index in [-0.39, 0.29) is 5.91 Å². The molecule has 1 saturated heterocycles. The van der Waals surface area contributed by atoms with Crippen molar-refractivity contribution in [1.29, 1.82) is 0 Å².